The van der Waals surface area contributed by atoms with Crippen LogP contribution in [0.5, 0.6) is 0 Å². The lowest BCUT2D eigenvalue weighted by atomic mass is 9.89. The van der Waals surface area contributed by atoms with Crippen LogP contribution in [0.3, 0.4) is 0 Å². The standard InChI is InChI=1S/C22H27Cl2N3/c23-19-6-7-20(21(24)13-19)22-18(14-25-26-22)15-27-10-8-17(9-11-27)12-16-4-2-1-3-5-16/h1-7,13,17-18,22,25-26H,8-12,14-15H2. The maximum absolute atomic E-state index is 6.45. The zero-order valence-electron chi connectivity index (χ0n) is 15.5. The molecular formula is C22H27Cl2N3. The van der Waals surface area contributed by atoms with Gasteiger partial charge in [-0.2, -0.15) is 0 Å². The van der Waals surface area contributed by atoms with E-state index in [9.17, 15) is 0 Å². The monoisotopic (exact) mass is 403 g/mol. The SMILES string of the molecule is Clc1ccc(C2NNCC2CN2CCC(Cc3ccccc3)CC2)c(Cl)c1. The molecule has 5 heteroatoms. The highest BCUT2D eigenvalue weighted by molar-refractivity contribution is 6.35. The summed E-state index contributed by atoms with van der Waals surface area (Å²) in [5.74, 6) is 1.32. The highest BCUT2D eigenvalue weighted by atomic mass is 35.5. The molecule has 2 aromatic carbocycles. The van der Waals surface area contributed by atoms with Crippen molar-refractivity contribution in [3.05, 3.63) is 69.7 Å². The third-order valence-corrected chi connectivity index (χ3v) is 6.52. The number of likely N-dealkylation sites (tertiary alicyclic amines) is 1. The van der Waals surface area contributed by atoms with Gasteiger partial charge in [0.15, 0.2) is 0 Å². The van der Waals surface area contributed by atoms with Crippen LogP contribution in [0.25, 0.3) is 0 Å². The van der Waals surface area contributed by atoms with Crippen molar-refractivity contribution in [3.8, 4) is 0 Å². The predicted octanol–water partition coefficient (Wildman–Crippen LogP) is 4.71. The molecule has 0 aromatic heterocycles. The van der Waals surface area contributed by atoms with Crippen LogP contribution in [0.4, 0.5) is 0 Å². The van der Waals surface area contributed by atoms with E-state index in [1.165, 1.54) is 37.9 Å². The van der Waals surface area contributed by atoms with Crippen molar-refractivity contribution in [1.82, 2.24) is 15.8 Å². The van der Waals surface area contributed by atoms with Gasteiger partial charge in [0.1, 0.15) is 0 Å². The van der Waals surface area contributed by atoms with Crippen LogP contribution in [0.2, 0.25) is 10.0 Å². The number of nitrogens with zero attached hydrogens (tertiary/aromatic N) is 1. The maximum atomic E-state index is 6.45. The predicted molar refractivity (Wildman–Crippen MR) is 113 cm³/mol. The van der Waals surface area contributed by atoms with Gasteiger partial charge < -0.3 is 4.90 Å². The van der Waals surface area contributed by atoms with E-state index in [2.05, 4.69) is 52.1 Å². The molecule has 2 unspecified atom stereocenters. The molecule has 2 fully saturated rings. The summed E-state index contributed by atoms with van der Waals surface area (Å²) < 4.78 is 0. The van der Waals surface area contributed by atoms with Gasteiger partial charge in [-0.3, -0.25) is 5.43 Å². The van der Waals surface area contributed by atoms with E-state index >= 15 is 0 Å². The fraction of sp³-hybridized carbons (Fsp3) is 0.455. The number of benzene rings is 2. The fourth-order valence-corrected chi connectivity index (χ4v) is 4.97. The summed E-state index contributed by atoms with van der Waals surface area (Å²) in [6.45, 7) is 4.44. The number of hydrogen-bond acceptors (Lipinski definition) is 3. The Balaban J connectivity index is 1.31. The third-order valence-electron chi connectivity index (χ3n) is 5.96. The summed E-state index contributed by atoms with van der Waals surface area (Å²) in [5.41, 5.74) is 9.34. The Hall–Kier alpha value is -1.10. The number of piperidine rings is 1. The first-order chi connectivity index (χ1) is 13.2. The van der Waals surface area contributed by atoms with Crippen LogP contribution < -0.4 is 10.9 Å². The molecule has 144 valence electrons. The topological polar surface area (TPSA) is 27.3 Å². The van der Waals surface area contributed by atoms with Crippen molar-refractivity contribution in [2.24, 2.45) is 11.8 Å². The fourth-order valence-electron chi connectivity index (χ4n) is 4.44. The Kier molecular flexibility index (Phi) is 6.36. The Labute approximate surface area is 172 Å². The van der Waals surface area contributed by atoms with E-state index in [0.29, 0.717) is 10.9 Å². The van der Waals surface area contributed by atoms with Crippen LogP contribution in [-0.2, 0) is 6.42 Å². The Bertz CT molecular complexity index is 744. The molecule has 2 atom stereocenters. The molecule has 0 saturated carbocycles. The van der Waals surface area contributed by atoms with E-state index in [0.717, 1.165) is 29.6 Å². The molecule has 4 rings (SSSR count). The average Bonchev–Trinajstić information content (AvgIpc) is 3.12. The number of halogens is 2. The first-order valence-corrected chi connectivity index (χ1v) is 10.6. The lowest BCUT2D eigenvalue weighted by Gasteiger charge is -2.34. The van der Waals surface area contributed by atoms with E-state index in [4.69, 9.17) is 23.2 Å². The third kappa shape index (κ3) is 4.85. The molecule has 2 N–H and O–H groups in total. The highest BCUT2D eigenvalue weighted by Crippen LogP contribution is 2.33. The van der Waals surface area contributed by atoms with Gasteiger partial charge in [-0.1, -0.05) is 59.6 Å². The normalized spacial score (nSPS) is 24.4. The van der Waals surface area contributed by atoms with Gasteiger partial charge in [-0.25, -0.2) is 5.43 Å². The Morgan fingerprint density at radius 2 is 1.78 bits per heavy atom. The minimum atomic E-state index is 0.233. The second kappa shape index (κ2) is 8.93. The van der Waals surface area contributed by atoms with Crippen molar-refractivity contribution in [1.29, 1.82) is 0 Å². The molecule has 2 aliphatic heterocycles. The van der Waals surface area contributed by atoms with Crippen molar-refractivity contribution in [2.45, 2.75) is 25.3 Å². The van der Waals surface area contributed by atoms with E-state index < -0.39 is 0 Å². The number of hydrogen-bond donors (Lipinski definition) is 2. The van der Waals surface area contributed by atoms with Gasteiger partial charge in [0, 0.05) is 29.1 Å². The van der Waals surface area contributed by atoms with Crippen LogP contribution in [0, 0.1) is 11.8 Å². The van der Waals surface area contributed by atoms with Crippen molar-refractivity contribution in [3.63, 3.8) is 0 Å². The molecular weight excluding hydrogens is 377 g/mol. The summed E-state index contributed by atoms with van der Waals surface area (Å²) in [5, 5.41) is 1.43. The largest absolute Gasteiger partial charge is 0.303 e. The second-order valence-corrected chi connectivity index (χ2v) is 8.71. The summed E-state index contributed by atoms with van der Waals surface area (Å²) in [4.78, 5) is 2.62. The first-order valence-electron chi connectivity index (χ1n) is 9.88. The van der Waals surface area contributed by atoms with Gasteiger partial charge in [0.25, 0.3) is 0 Å². The molecule has 2 aromatic rings. The number of hydrazine groups is 1. The Morgan fingerprint density at radius 3 is 2.52 bits per heavy atom. The van der Waals surface area contributed by atoms with Crippen LogP contribution in [0.1, 0.15) is 30.0 Å². The zero-order chi connectivity index (χ0) is 18.6. The molecule has 0 amide bonds. The number of rotatable bonds is 5. The van der Waals surface area contributed by atoms with E-state index in [-0.39, 0.29) is 6.04 Å². The van der Waals surface area contributed by atoms with Crippen molar-refractivity contribution >= 4 is 23.2 Å². The van der Waals surface area contributed by atoms with E-state index in [1.54, 1.807) is 0 Å². The van der Waals surface area contributed by atoms with Gasteiger partial charge in [-0.05, 0) is 61.5 Å². The maximum Gasteiger partial charge on any atom is 0.0530 e. The van der Waals surface area contributed by atoms with Crippen LogP contribution in [0.15, 0.2) is 48.5 Å². The Morgan fingerprint density at radius 1 is 1.00 bits per heavy atom. The van der Waals surface area contributed by atoms with Gasteiger partial charge in [0.2, 0.25) is 0 Å². The molecule has 0 spiro atoms. The molecule has 0 bridgehead atoms. The molecule has 3 nitrogen and oxygen atoms in total. The van der Waals surface area contributed by atoms with Gasteiger partial charge in [-0.15, -0.1) is 0 Å². The summed E-state index contributed by atoms with van der Waals surface area (Å²) >= 11 is 12.5. The van der Waals surface area contributed by atoms with Crippen LogP contribution in [-0.4, -0.2) is 31.1 Å². The zero-order valence-corrected chi connectivity index (χ0v) is 17.0. The molecule has 0 radical (unpaired) electrons. The lowest BCUT2D eigenvalue weighted by molar-refractivity contribution is 0.158. The molecule has 0 aliphatic carbocycles. The quantitative estimate of drug-likeness (QED) is 0.756. The number of nitrogens with one attached hydrogen (secondary N) is 2. The second-order valence-electron chi connectivity index (χ2n) is 7.86. The minimum absolute atomic E-state index is 0.233. The summed E-state index contributed by atoms with van der Waals surface area (Å²) in [6.07, 6.45) is 3.79. The minimum Gasteiger partial charge on any atom is -0.303 e. The molecule has 2 aliphatic rings. The first kappa shape index (κ1) is 19.2. The molecule has 2 heterocycles. The van der Waals surface area contributed by atoms with Gasteiger partial charge in [0.05, 0.1) is 6.04 Å². The lowest BCUT2D eigenvalue weighted by Crippen LogP contribution is -2.39. The van der Waals surface area contributed by atoms with Crippen molar-refractivity contribution < 1.29 is 0 Å². The summed E-state index contributed by atoms with van der Waals surface area (Å²) in [6, 6.07) is 16.9. The summed E-state index contributed by atoms with van der Waals surface area (Å²) in [7, 11) is 0. The highest BCUT2D eigenvalue weighted by Gasteiger charge is 2.32. The smallest absolute Gasteiger partial charge is 0.0530 e. The van der Waals surface area contributed by atoms with Crippen molar-refractivity contribution in [2.75, 3.05) is 26.2 Å². The molecule has 2 saturated heterocycles. The average molecular weight is 404 g/mol. The molecule has 27 heavy (non-hydrogen) atoms. The van der Waals surface area contributed by atoms with E-state index in [1.807, 2.05) is 12.1 Å². The van der Waals surface area contributed by atoms with Gasteiger partial charge >= 0.3 is 0 Å². The van der Waals surface area contributed by atoms with Crippen LogP contribution >= 0.6 is 23.2 Å².